The van der Waals surface area contributed by atoms with Crippen LogP contribution < -0.4 is 10.5 Å². The van der Waals surface area contributed by atoms with E-state index in [2.05, 4.69) is 6.92 Å². The van der Waals surface area contributed by atoms with Gasteiger partial charge in [0.05, 0.1) is 12.3 Å². The first kappa shape index (κ1) is 10.3. The molecule has 1 aromatic rings. The molecule has 1 aliphatic rings. The molecule has 1 saturated carbocycles. The molecule has 82 valence electrons. The minimum absolute atomic E-state index is 0.741. The minimum Gasteiger partial charge on any atom is -0.491 e. The van der Waals surface area contributed by atoms with Crippen molar-refractivity contribution in [1.29, 1.82) is 0 Å². The molecular weight excluding hydrogens is 186 g/mol. The van der Waals surface area contributed by atoms with Crippen molar-refractivity contribution in [1.82, 2.24) is 0 Å². The second-order valence-electron chi connectivity index (χ2n) is 4.50. The normalized spacial score (nSPS) is 16.9. The molecule has 2 nitrogen and oxygen atoms in total. The van der Waals surface area contributed by atoms with Crippen molar-refractivity contribution in [2.75, 3.05) is 12.3 Å². The molecule has 0 radical (unpaired) electrons. The van der Waals surface area contributed by atoms with Crippen LogP contribution in [0.3, 0.4) is 0 Å². The van der Waals surface area contributed by atoms with Gasteiger partial charge in [-0.2, -0.15) is 0 Å². The second kappa shape index (κ2) is 4.56. The standard InChI is InChI=1S/C13H19NO/c1-10-6-7-12(14)13(8-10)15-9-11-4-2-3-5-11/h6-8,11H,2-5,9,14H2,1H3. The third-order valence-corrected chi connectivity index (χ3v) is 3.12. The van der Waals surface area contributed by atoms with Crippen molar-refractivity contribution in [3.63, 3.8) is 0 Å². The third kappa shape index (κ3) is 2.65. The van der Waals surface area contributed by atoms with Crippen LogP contribution >= 0.6 is 0 Å². The van der Waals surface area contributed by atoms with Crippen molar-refractivity contribution in [3.05, 3.63) is 23.8 Å². The van der Waals surface area contributed by atoms with E-state index in [0.29, 0.717) is 0 Å². The highest BCUT2D eigenvalue weighted by Crippen LogP contribution is 2.28. The quantitative estimate of drug-likeness (QED) is 0.769. The zero-order valence-corrected chi connectivity index (χ0v) is 9.33. The summed E-state index contributed by atoms with van der Waals surface area (Å²) in [6.07, 6.45) is 5.34. The van der Waals surface area contributed by atoms with E-state index in [-0.39, 0.29) is 0 Å². The van der Waals surface area contributed by atoms with Crippen LogP contribution in [0.2, 0.25) is 0 Å². The molecule has 0 aliphatic heterocycles. The number of rotatable bonds is 3. The van der Waals surface area contributed by atoms with E-state index in [1.54, 1.807) is 0 Å². The fraction of sp³-hybridized carbons (Fsp3) is 0.538. The summed E-state index contributed by atoms with van der Waals surface area (Å²) in [5, 5.41) is 0. The van der Waals surface area contributed by atoms with Gasteiger partial charge >= 0.3 is 0 Å². The number of benzene rings is 1. The molecule has 0 aromatic heterocycles. The molecule has 2 N–H and O–H groups in total. The fourth-order valence-electron chi connectivity index (χ4n) is 2.15. The van der Waals surface area contributed by atoms with Gasteiger partial charge in [0.15, 0.2) is 0 Å². The summed E-state index contributed by atoms with van der Waals surface area (Å²) in [5.74, 6) is 1.59. The Balaban J connectivity index is 1.94. The molecule has 0 unspecified atom stereocenters. The first-order chi connectivity index (χ1) is 7.25. The summed E-state index contributed by atoms with van der Waals surface area (Å²) in [7, 11) is 0. The number of nitrogen functional groups attached to an aromatic ring is 1. The van der Waals surface area contributed by atoms with Gasteiger partial charge in [0.25, 0.3) is 0 Å². The average molecular weight is 205 g/mol. The topological polar surface area (TPSA) is 35.2 Å². The summed E-state index contributed by atoms with van der Waals surface area (Å²) in [6, 6.07) is 5.95. The van der Waals surface area contributed by atoms with Gasteiger partial charge in [0, 0.05) is 0 Å². The van der Waals surface area contributed by atoms with Crippen LogP contribution in [-0.4, -0.2) is 6.61 Å². The molecule has 15 heavy (non-hydrogen) atoms. The molecule has 1 aliphatic carbocycles. The number of hydrogen-bond donors (Lipinski definition) is 1. The summed E-state index contributed by atoms with van der Waals surface area (Å²) < 4.78 is 5.78. The van der Waals surface area contributed by atoms with E-state index < -0.39 is 0 Å². The van der Waals surface area contributed by atoms with E-state index in [1.807, 2.05) is 18.2 Å². The Morgan fingerprint density at radius 1 is 1.33 bits per heavy atom. The summed E-state index contributed by atoms with van der Waals surface area (Å²) >= 11 is 0. The Morgan fingerprint density at radius 3 is 2.80 bits per heavy atom. The first-order valence-electron chi connectivity index (χ1n) is 5.74. The molecule has 0 atom stereocenters. The molecule has 0 saturated heterocycles. The Morgan fingerprint density at radius 2 is 2.07 bits per heavy atom. The molecule has 2 rings (SSSR count). The van der Waals surface area contributed by atoms with Crippen molar-refractivity contribution in [2.45, 2.75) is 32.6 Å². The van der Waals surface area contributed by atoms with E-state index in [4.69, 9.17) is 10.5 Å². The highest BCUT2D eigenvalue weighted by Gasteiger charge is 2.15. The van der Waals surface area contributed by atoms with Crippen LogP contribution in [0.5, 0.6) is 5.75 Å². The summed E-state index contributed by atoms with van der Waals surface area (Å²) in [4.78, 5) is 0. The second-order valence-corrected chi connectivity index (χ2v) is 4.50. The van der Waals surface area contributed by atoms with Crippen molar-refractivity contribution < 1.29 is 4.74 Å². The van der Waals surface area contributed by atoms with Gasteiger partial charge in [-0.15, -0.1) is 0 Å². The molecule has 0 bridgehead atoms. The smallest absolute Gasteiger partial charge is 0.142 e. The van der Waals surface area contributed by atoms with E-state index >= 15 is 0 Å². The minimum atomic E-state index is 0.741. The SMILES string of the molecule is Cc1ccc(N)c(OCC2CCCC2)c1. The Hall–Kier alpha value is -1.18. The lowest BCUT2D eigenvalue weighted by atomic mass is 10.1. The lowest BCUT2D eigenvalue weighted by Crippen LogP contribution is -2.09. The maximum atomic E-state index is 5.85. The molecule has 0 heterocycles. The van der Waals surface area contributed by atoms with Crippen molar-refractivity contribution >= 4 is 5.69 Å². The van der Waals surface area contributed by atoms with Gasteiger partial charge in [-0.05, 0) is 43.4 Å². The zero-order valence-electron chi connectivity index (χ0n) is 9.33. The highest BCUT2D eigenvalue weighted by atomic mass is 16.5. The molecular formula is C13H19NO. The predicted molar refractivity (Wildman–Crippen MR) is 63.0 cm³/mol. The van der Waals surface area contributed by atoms with Crippen molar-refractivity contribution in [3.8, 4) is 5.75 Å². The van der Waals surface area contributed by atoms with Crippen molar-refractivity contribution in [2.24, 2.45) is 5.92 Å². The molecule has 1 fully saturated rings. The maximum Gasteiger partial charge on any atom is 0.142 e. The first-order valence-corrected chi connectivity index (χ1v) is 5.74. The van der Waals surface area contributed by atoms with Crippen LogP contribution in [-0.2, 0) is 0 Å². The predicted octanol–water partition coefficient (Wildman–Crippen LogP) is 3.15. The largest absolute Gasteiger partial charge is 0.491 e. The molecule has 1 aromatic carbocycles. The van der Waals surface area contributed by atoms with Gasteiger partial charge in [-0.25, -0.2) is 0 Å². The van der Waals surface area contributed by atoms with Gasteiger partial charge < -0.3 is 10.5 Å². The van der Waals surface area contributed by atoms with Crippen LogP contribution in [0, 0.1) is 12.8 Å². The number of hydrogen-bond acceptors (Lipinski definition) is 2. The monoisotopic (exact) mass is 205 g/mol. The van der Waals surface area contributed by atoms with E-state index in [1.165, 1.54) is 31.2 Å². The van der Waals surface area contributed by atoms with Crippen LogP contribution in [0.25, 0.3) is 0 Å². The van der Waals surface area contributed by atoms with Crippen LogP contribution in [0.1, 0.15) is 31.2 Å². The zero-order chi connectivity index (χ0) is 10.7. The molecule has 2 heteroatoms. The lowest BCUT2D eigenvalue weighted by Gasteiger charge is -2.13. The number of aryl methyl sites for hydroxylation is 1. The molecule has 0 spiro atoms. The molecule has 0 amide bonds. The average Bonchev–Trinajstić information content (AvgIpc) is 2.72. The Bertz CT molecular complexity index is 329. The number of nitrogens with two attached hydrogens (primary N) is 1. The van der Waals surface area contributed by atoms with Gasteiger partial charge in [-0.3, -0.25) is 0 Å². The highest BCUT2D eigenvalue weighted by molar-refractivity contribution is 5.53. The third-order valence-electron chi connectivity index (χ3n) is 3.12. The number of anilines is 1. The van der Waals surface area contributed by atoms with Crippen LogP contribution in [0.15, 0.2) is 18.2 Å². The Labute approximate surface area is 91.4 Å². The Kier molecular flexibility index (Phi) is 3.14. The summed E-state index contributed by atoms with van der Waals surface area (Å²) in [5.41, 5.74) is 7.80. The van der Waals surface area contributed by atoms with Gasteiger partial charge in [0.1, 0.15) is 5.75 Å². The fourth-order valence-corrected chi connectivity index (χ4v) is 2.15. The summed E-state index contributed by atoms with van der Waals surface area (Å²) in [6.45, 7) is 2.88. The number of ether oxygens (including phenoxy) is 1. The van der Waals surface area contributed by atoms with Crippen LogP contribution in [0.4, 0.5) is 5.69 Å². The lowest BCUT2D eigenvalue weighted by molar-refractivity contribution is 0.253. The van der Waals surface area contributed by atoms with Gasteiger partial charge in [-0.1, -0.05) is 18.9 Å². The van der Waals surface area contributed by atoms with E-state index in [9.17, 15) is 0 Å². The maximum absolute atomic E-state index is 5.85. The van der Waals surface area contributed by atoms with Gasteiger partial charge in [0.2, 0.25) is 0 Å². The van der Waals surface area contributed by atoms with E-state index in [0.717, 1.165) is 24.0 Å².